The number of rotatable bonds is 4. The Kier molecular flexibility index (Phi) is 4.97. The molecule has 2 N–H and O–H groups in total. The Morgan fingerprint density at radius 2 is 2.00 bits per heavy atom. The third kappa shape index (κ3) is 3.52. The normalized spacial score (nSPS) is 20.0. The van der Waals surface area contributed by atoms with Gasteiger partial charge in [0, 0.05) is 37.6 Å². The fraction of sp³-hybridized carbons (Fsp3) is 0.500. The van der Waals surface area contributed by atoms with Gasteiger partial charge in [0.25, 0.3) is 0 Å². The van der Waals surface area contributed by atoms with Gasteiger partial charge in [0.15, 0.2) is 11.5 Å². The van der Waals surface area contributed by atoms with Crippen LogP contribution in [-0.4, -0.2) is 67.8 Å². The lowest BCUT2D eigenvalue weighted by Crippen LogP contribution is -2.35. The molecule has 0 amide bonds. The molecule has 2 aliphatic rings. The van der Waals surface area contributed by atoms with Crippen molar-refractivity contribution in [1.29, 1.82) is 0 Å². The first kappa shape index (κ1) is 20.2. The van der Waals surface area contributed by atoms with E-state index in [1.165, 1.54) is 0 Å². The van der Waals surface area contributed by atoms with E-state index in [1.54, 1.807) is 11.6 Å². The number of nitrogens with zero attached hydrogens (tertiary/aromatic N) is 8. The fourth-order valence-corrected chi connectivity index (χ4v) is 4.89. The van der Waals surface area contributed by atoms with Gasteiger partial charge >= 0.3 is 0 Å². The first-order chi connectivity index (χ1) is 16.2. The van der Waals surface area contributed by atoms with Crippen LogP contribution in [0.5, 0.6) is 5.75 Å². The van der Waals surface area contributed by atoms with Crippen molar-refractivity contribution in [1.82, 2.24) is 34.3 Å². The molecular weight excluding hydrogens is 422 g/mol. The van der Waals surface area contributed by atoms with E-state index in [9.17, 15) is 0 Å². The number of benzene rings is 1. The topological polar surface area (TPSA) is 122 Å². The number of ether oxygens (including phenoxy) is 2. The van der Waals surface area contributed by atoms with E-state index in [-0.39, 0.29) is 5.92 Å². The molecule has 4 aromatic rings. The molecule has 2 fully saturated rings. The largest absolute Gasteiger partial charge is 0.494 e. The molecule has 172 valence electrons. The van der Waals surface area contributed by atoms with Gasteiger partial charge in [0.1, 0.15) is 17.6 Å². The van der Waals surface area contributed by atoms with Gasteiger partial charge in [-0.15, -0.1) is 10.2 Å². The fourth-order valence-electron chi connectivity index (χ4n) is 4.89. The average molecular weight is 450 g/mol. The van der Waals surface area contributed by atoms with Crippen molar-refractivity contribution in [3.8, 4) is 5.75 Å². The summed E-state index contributed by atoms with van der Waals surface area (Å²) < 4.78 is 14.6. The molecule has 3 aromatic heterocycles. The van der Waals surface area contributed by atoms with E-state index in [0.29, 0.717) is 28.9 Å². The van der Waals surface area contributed by atoms with Crippen molar-refractivity contribution in [3.05, 3.63) is 30.4 Å². The Labute approximate surface area is 190 Å². The SMILES string of the molecule is COc1cccc2c1nc(N)n1nc([C@@H]3CCCN(c4ncn(C5CCOCC5)n4)C3)nc21. The average Bonchev–Trinajstić information content (AvgIpc) is 3.53. The first-order valence-corrected chi connectivity index (χ1v) is 11.4. The highest BCUT2D eigenvalue weighted by atomic mass is 16.5. The van der Waals surface area contributed by atoms with Crippen molar-refractivity contribution in [3.63, 3.8) is 0 Å². The minimum Gasteiger partial charge on any atom is -0.494 e. The lowest BCUT2D eigenvalue weighted by molar-refractivity contribution is 0.0662. The number of hydrogen-bond donors (Lipinski definition) is 1. The van der Waals surface area contributed by atoms with Gasteiger partial charge in [-0.05, 0) is 37.8 Å². The smallest absolute Gasteiger partial charge is 0.244 e. The van der Waals surface area contributed by atoms with E-state index in [2.05, 4.69) is 14.9 Å². The number of hydrogen-bond acceptors (Lipinski definition) is 9. The van der Waals surface area contributed by atoms with Gasteiger partial charge in [-0.1, -0.05) is 6.07 Å². The molecule has 11 heteroatoms. The lowest BCUT2D eigenvalue weighted by atomic mass is 9.98. The van der Waals surface area contributed by atoms with Crippen LogP contribution in [0.1, 0.15) is 43.5 Å². The van der Waals surface area contributed by atoms with Gasteiger partial charge in [0.2, 0.25) is 11.9 Å². The maximum absolute atomic E-state index is 6.23. The van der Waals surface area contributed by atoms with Gasteiger partial charge < -0.3 is 20.1 Å². The Balaban J connectivity index is 1.29. The van der Waals surface area contributed by atoms with Crippen molar-refractivity contribution in [2.75, 3.05) is 44.0 Å². The Morgan fingerprint density at radius 1 is 1.12 bits per heavy atom. The Hall–Kier alpha value is -3.47. The minimum atomic E-state index is 0.161. The van der Waals surface area contributed by atoms with Crippen LogP contribution >= 0.6 is 0 Å². The maximum Gasteiger partial charge on any atom is 0.244 e. The van der Waals surface area contributed by atoms with Crippen LogP contribution in [0, 0.1) is 0 Å². The summed E-state index contributed by atoms with van der Waals surface area (Å²) in [5.74, 6) is 2.67. The Bertz CT molecular complexity index is 1290. The van der Waals surface area contributed by atoms with Gasteiger partial charge in [-0.2, -0.15) is 4.52 Å². The first-order valence-electron chi connectivity index (χ1n) is 11.4. The van der Waals surface area contributed by atoms with Gasteiger partial charge in [-0.25, -0.2) is 19.6 Å². The van der Waals surface area contributed by atoms with Crippen LogP contribution in [0.25, 0.3) is 16.6 Å². The standard InChI is InChI=1S/C22H27N9O2/c1-32-17-6-2-5-16-18(17)25-21(23)31-20(16)26-19(27-31)14-4-3-9-29(12-14)22-24-13-30(28-22)15-7-10-33-11-8-15/h2,5-6,13-15H,3-4,7-12H2,1H3,(H2,23,25)/t14-/m1/s1. The van der Waals surface area contributed by atoms with Crippen molar-refractivity contribution >= 4 is 28.4 Å². The molecule has 11 nitrogen and oxygen atoms in total. The Morgan fingerprint density at radius 3 is 2.85 bits per heavy atom. The molecule has 0 bridgehead atoms. The molecule has 0 aliphatic carbocycles. The van der Waals surface area contributed by atoms with E-state index in [0.717, 1.165) is 69.1 Å². The molecule has 2 saturated heterocycles. The molecule has 6 rings (SSSR count). The lowest BCUT2D eigenvalue weighted by Gasteiger charge is -2.30. The summed E-state index contributed by atoms with van der Waals surface area (Å²) >= 11 is 0. The third-order valence-electron chi connectivity index (χ3n) is 6.66. The summed E-state index contributed by atoms with van der Waals surface area (Å²) in [5, 5.41) is 10.4. The van der Waals surface area contributed by atoms with Gasteiger partial charge in [0.05, 0.1) is 13.2 Å². The zero-order chi connectivity index (χ0) is 22.4. The monoisotopic (exact) mass is 449 g/mol. The summed E-state index contributed by atoms with van der Waals surface area (Å²) in [4.78, 5) is 16.3. The van der Waals surface area contributed by atoms with Crippen LogP contribution in [0.15, 0.2) is 24.5 Å². The molecule has 5 heterocycles. The van der Waals surface area contributed by atoms with Crippen LogP contribution in [-0.2, 0) is 4.74 Å². The highest BCUT2D eigenvalue weighted by molar-refractivity contribution is 5.95. The molecule has 2 aliphatic heterocycles. The molecule has 0 radical (unpaired) electrons. The number of piperidine rings is 1. The van der Waals surface area contributed by atoms with Crippen LogP contribution in [0.2, 0.25) is 0 Å². The maximum atomic E-state index is 6.23. The summed E-state index contributed by atoms with van der Waals surface area (Å²) in [5.41, 5.74) is 7.62. The van der Waals surface area contributed by atoms with E-state index in [4.69, 9.17) is 30.4 Å². The molecule has 0 saturated carbocycles. The summed E-state index contributed by atoms with van der Waals surface area (Å²) in [6.07, 6.45) is 5.83. The predicted octanol–water partition coefficient (Wildman–Crippen LogP) is 2.20. The summed E-state index contributed by atoms with van der Waals surface area (Å²) in [7, 11) is 1.63. The van der Waals surface area contributed by atoms with Crippen LogP contribution in [0.4, 0.5) is 11.9 Å². The highest BCUT2D eigenvalue weighted by Crippen LogP contribution is 2.31. The number of nitrogen functional groups attached to an aromatic ring is 1. The highest BCUT2D eigenvalue weighted by Gasteiger charge is 2.28. The molecular formula is C22H27N9O2. The zero-order valence-corrected chi connectivity index (χ0v) is 18.6. The third-order valence-corrected chi connectivity index (χ3v) is 6.66. The second-order valence-corrected chi connectivity index (χ2v) is 8.69. The van der Waals surface area contributed by atoms with Crippen molar-refractivity contribution in [2.45, 2.75) is 37.6 Å². The second kappa shape index (κ2) is 8.14. The summed E-state index contributed by atoms with van der Waals surface area (Å²) in [6, 6.07) is 6.13. The van der Waals surface area contributed by atoms with Crippen LogP contribution < -0.4 is 15.4 Å². The van der Waals surface area contributed by atoms with Gasteiger partial charge in [-0.3, -0.25) is 0 Å². The van der Waals surface area contributed by atoms with E-state index >= 15 is 0 Å². The number of fused-ring (bicyclic) bond motifs is 3. The zero-order valence-electron chi connectivity index (χ0n) is 18.6. The molecule has 1 aromatic carbocycles. The molecule has 0 unspecified atom stereocenters. The summed E-state index contributed by atoms with van der Waals surface area (Å²) in [6.45, 7) is 3.25. The quantitative estimate of drug-likeness (QED) is 0.499. The number of anilines is 2. The van der Waals surface area contributed by atoms with E-state index in [1.807, 2.05) is 29.2 Å². The second-order valence-electron chi connectivity index (χ2n) is 8.69. The molecule has 0 spiro atoms. The van der Waals surface area contributed by atoms with Crippen molar-refractivity contribution in [2.24, 2.45) is 0 Å². The number of para-hydroxylation sites is 1. The van der Waals surface area contributed by atoms with Crippen molar-refractivity contribution < 1.29 is 9.47 Å². The van der Waals surface area contributed by atoms with E-state index < -0.39 is 0 Å². The number of nitrogens with two attached hydrogens (primary N) is 1. The van der Waals surface area contributed by atoms with Crippen LogP contribution in [0.3, 0.4) is 0 Å². The molecule has 1 atom stereocenters. The predicted molar refractivity (Wildman–Crippen MR) is 123 cm³/mol. The minimum absolute atomic E-state index is 0.161. The number of aromatic nitrogens is 7. The molecule has 33 heavy (non-hydrogen) atoms. The number of methoxy groups -OCH3 is 1.